The van der Waals surface area contributed by atoms with Crippen LogP contribution in [0.3, 0.4) is 0 Å². The van der Waals surface area contributed by atoms with Crippen LogP contribution in [-0.4, -0.2) is 30.1 Å². The number of likely N-dealkylation sites (tertiary alicyclic amines) is 1. The standard InChI is InChI=1S/C12H14ClN3O/c1-8-7-16(2)12(17)11(8)15-14-10-5-3-9(13)4-6-10/h3-6,8,14H,7H2,1-2H3/b15-11-. The van der Waals surface area contributed by atoms with Crippen LogP contribution < -0.4 is 5.43 Å². The lowest BCUT2D eigenvalue weighted by Crippen LogP contribution is -2.23. The third-order valence-electron chi connectivity index (χ3n) is 2.73. The van der Waals surface area contributed by atoms with Crippen molar-refractivity contribution < 1.29 is 4.79 Å². The lowest BCUT2D eigenvalue weighted by atomic mass is 10.1. The average Bonchev–Trinajstić information content (AvgIpc) is 2.54. The van der Waals surface area contributed by atoms with Gasteiger partial charge in [-0.3, -0.25) is 10.2 Å². The second kappa shape index (κ2) is 4.75. The number of hydrogen-bond acceptors (Lipinski definition) is 3. The van der Waals surface area contributed by atoms with Crippen molar-refractivity contribution in [3.63, 3.8) is 0 Å². The zero-order valence-electron chi connectivity index (χ0n) is 9.77. The number of anilines is 1. The first-order valence-electron chi connectivity index (χ1n) is 5.42. The van der Waals surface area contributed by atoms with Crippen molar-refractivity contribution in [1.82, 2.24) is 4.90 Å². The molecule has 0 aromatic heterocycles. The molecular formula is C12H14ClN3O. The summed E-state index contributed by atoms with van der Waals surface area (Å²) in [6, 6.07) is 7.19. The van der Waals surface area contributed by atoms with Crippen molar-refractivity contribution in [2.24, 2.45) is 11.0 Å². The molecule has 2 rings (SSSR count). The van der Waals surface area contributed by atoms with E-state index in [9.17, 15) is 4.79 Å². The molecule has 17 heavy (non-hydrogen) atoms. The summed E-state index contributed by atoms with van der Waals surface area (Å²) in [6.45, 7) is 2.71. The van der Waals surface area contributed by atoms with Gasteiger partial charge in [-0.25, -0.2) is 0 Å². The highest BCUT2D eigenvalue weighted by Crippen LogP contribution is 2.16. The topological polar surface area (TPSA) is 44.7 Å². The molecule has 0 aliphatic carbocycles. The second-order valence-corrected chi connectivity index (χ2v) is 4.64. The van der Waals surface area contributed by atoms with Crippen LogP contribution in [0.5, 0.6) is 0 Å². The maximum Gasteiger partial charge on any atom is 0.270 e. The van der Waals surface area contributed by atoms with Crippen molar-refractivity contribution in [1.29, 1.82) is 0 Å². The Hall–Kier alpha value is -1.55. The van der Waals surface area contributed by atoms with E-state index in [1.165, 1.54) is 0 Å². The number of hydrazone groups is 1. The van der Waals surface area contributed by atoms with Crippen LogP contribution in [0.1, 0.15) is 6.92 Å². The summed E-state index contributed by atoms with van der Waals surface area (Å²) in [7, 11) is 1.78. The van der Waals surface area contributed by atoms with Crippen molar-refractivity contribution in [3.05, 3.63) is 29.3 Å². The zero-order valence-corrected chi connectivity index (χ0v) is 10.5. The number of nitrogens with zero attached hydrogens (tertiary/aromatic N) is 2. The maximum absolute atomic E-state index is 11.7. The number of hydrogen-bond donors (Lipinski definition) is 1. The van der Waals surface area contributed by atoms with Gasteiger partial charge >= 0.3 is 0 Å². The fraction of sp³-hybridized carbons (Fsp3) is 0.333. The Balaban J connectivity index is 2.10. The highest BCUT2D eigenvalue weighted by molar-refractivity contribution is 6.41. The molecule has 4 nitrogen and oxygen atoms in total. The van der Waals surface area contributed by atoms with Crippen molar-refractivity contribution in [2.75, 3.05) is 19.0 Å². The minimum atomic E-state index is -0.0148. The molecule has 0 spiro atoms. The van der Waals surface area contributed by atoms with E-state index in [-0.39, 0.29) is 11.8 Å². The smallest absolute Gasteiger partial charge is 0.270 e. The molecule has 1 aromatic rings. The van der Waals surface area contributed by atoms with Gasteiger partial charge in [-0.15, -0.1) is 0 Å². The monoisotopic (exact) mass is 251 g/mol. The van der Waals surface area contributed by atoms with Crippen LogP contribution in [0.2, 0.25) is 5.02 Å². The molecule has 1 unspecified atom stereocenters. The first-order valence-corrected chi connectivity index (χ1v) is 5.80. The average molecular weight is 252 g/mol. The van der Waals surface area contributed by atoms with Gasteiger partial charge in [0.2, 0.25) is 0 Å². The number of nitrogens with one attached hydrogen (secondary N) is 1. The van der Waals surface area contributed by atoms with Gasteiger partial charge in [-0.1, -0.05) is 18.5 Å². The Morgan fingerprint density at radius 3 is 2.59 bits per heavy atom. The van der Waals surface area contributed by atoms with Crippen LogP contribution in [0, 0.1) is 5.92 Å². The van der Waals surface area contributed by atoms with E-state index in [0.717, 1.165) is 12.2 Å². The molecule has 1 atom stereocenters. The van der Waals surface area contributed by atoms with Crippen LogP contribution >= 0.6 is 11.6 Å². The predicted molar refractivity (Wildman–Crippen MR) is 69.3 cm³/mol. The van der Waals surface area contributed by atoms with E-state index in [4.69, 9.17) is 11.6 Å². The minimum Gasteiger partial charge on any atom is -0.340 e. The Labute approximate surface area is 105 Å². The van der Waals surface area contributed by atoms with Gasteiger partial charge < -0.3 is 4.90 Å². The first kappa shape index (κ1) is 11.9. The summed E-state index contributed by atoms with van der Waals surface area (Å²) in [5, 5.41) is 4.84. The Morgan fingerprint density at radius 1 is 1.41 bits per heavy atom. The lowest BCUT2D eigenvalue weighted by Gasteiger charge is -2.04. The molecule has 1 aliphatic rings. The number of rotatable bonds is 2. The van der Waals surface area contributed by atoms with E-state index < -0.39 is 0 Å². The molecule has 0 saturated carbocycles. The third-order valence-corrected chi connectivity index (χ3v) is 2.98. The largest absolute Gasteiger partial charge is 0.340 e. The minimum absolute atomic E-state index is 0.0148. The number of carbonyl (C=O) groups excluding carboxylic acids is 1. The van der Waals surface area contributed by atoms with Gasteiger partial charge in [0.25, 0.3) is 5.91 Å². The Morgan fingerprint density at radius 2 is 2.06 bits per heavy atom. The van der Waals surface area contributed by atoms with Crippen LogP contribution in [0.25, 0.3) is 0 Å². The highest BCUT2D eigenvalue weighted by atomic mass is 35.5. The molecule has 1 aliphatic heterocycles. The number of amides is 1. The SMILES string of the molecule is CC1CN(C)C(=O)/C1=N\Nc1ccc(Cl)cc1. The fourth-order valence-electron chi connectivity index (χ4n) is 1.79. The molecule has 1 N–H and O–H groups in total. The Bertz CT molecular complexity index is 455. The van der Waals surface area contributed by atoms with E-state index >= 15 is 0 Å². The van der Waals surface area contributed by atoms with Crippen molar-refractivity contribution in [2.45, 2.75) is 6.92 Å². The van der Waals surface area contributed by atoms with Crippen molar-refractivity contribution in [3.8, 4) is 0 Å². The van der Waals surface area contributed by atoms with Crippen LogP contribution in [0.4, 0.5) is 5.69 Å². The summed E-state index contributed by atoms with van der Waals surface area (Å²) in [5.74, 6) is 0.145. The highest BCUT2D eigenvalue weighted by Gasteiger charge is 2.31. The molecule has 5 heteroatoms. The summed E-state index contributed by atoms with van der Waals surface area (Å²) in [5.41, 5.74) is 4.26. The molecule has 1 amide bonds. The first-order chi connectivity index (χ1) is 8.08. The number of halogens is 1. The van der Waals surface area contributed by atoms with E-state index in [1.807, 2.05) is 19.1 Å². The molecular weight excluding hydrogens is 238 g/mol. The second-order valence-electron chi connectivity index (χ2n) is 4.20. The van der Waals surface area contributed by atoms with Gasteiger partial charge in [0.1, 0.15) is 5.71 Å². The molecule has 1 aromatic carbocycles. The van der Waals surface area contributed by atoms with Gasteiger partial charge in [0.05, 0.1) is 5.69 Å². The molecule has 1 fully saturated rings. The molecule has 0 radical (unpaired) electrons. The number of carbonyl (C=O) groups is 1. The van der Waals surface area contributed by atoms with E-state index in [2.05, 4.69) is 10.5 Å². The lowest BCUT2D eigenvalue weighted by molar-refractivity contribution is -0.121. The van der Waals surface area contributed by atoms with Gasteiger partial charge in [0, 0.05) is 24.5 Å². The zero-order chi connectivity index (χ0) is 12.4. The summed E-state index contributed by atoms with van der Waals surface area (Å²) in [6.07, 6.45) is 0. The van der Waals surface area contributed by atoms with Gasteiger partial charge in [0.15, 0.2) is 0 Å². The van der Waals surface area contributed by atoms with E-state index in [0.29, 0.717) is 10.7 Å². The molecule has 1 heterocycles. The van der Waals surface area contributed by atoms with Crippen molar-refractivity contribution >= 4 is 28.9 Å². The number of benzene rings is 1. The maximum atomic E-state index is 11.7. The predicted octanol–water partition coefficient (Wildman–Crippen LogP) is 2.22. The van der Waals surface area contributed by atoms with Gasteiger partial charge in [-0.2, -0.15) is 5.10 Å². The Kier molecular flexibility index (Phi) is 3.33. The van der Waals surface area contributed by atoms with Crippen LogP contribution in [0.15, 0.2) is 29.4 Å². The normalized spacial score (nSPS) is 22.3. The summed E-state index contributed by atoms with van der Waals surface area (Å²) < 4.78 is 0. The van der Waals surface area contributed by atoms with Gasteiger partial charge in [-0.05, 0) is 24.3 Å². The van der Waals surface area contributed by atoms with E-state index in [1.54, 1.807) is 24.1 Å². The molecule has 1 saturated heterocycles. The van der Waals surface area contributed by atoms with Crippen LogP contribution in [-0.2, 0) is 4.79 Å². The molecule has 0 bridgehead atoms. The summed E-state index contributed by atoms with van der Waals surface area (Å²) in [4.78, 5) is 13.4. The summed E-state index contributed by atoms with van der Waals surface area (Å²) >= 11 is 5.78. The fourth-order valence-corrected chi connectivity index (χ4v) is 1.92. The third kappa shape index (κ3) is 2.58. The quantitative estimate of drug-likeness (QED) is 0.820. The molecule has 90 valence electrons.